The van der Waals surface area contributed by atoms with Gasteiger partial charge in [-0.15, -0.1) is 0 Å². The zero-order valence-electron chi connectivity index (χ0n) is 18.6. The Morgan fingerprint density at radius 2 is 1.82 bits per heavy atom. The normalized spacial score (nSPS) is 14.3. The minimum Gasteiger partial charge on any atom is -0.493 e. The highest BCUT2D eigenvalue weighted by Gasteiger charge is 2.35. The lowest BCUT2D eigenvalue weighted by molar-refractivity contribution is -0.136. The summed E-state index contributed by atoms with van der Waals surface area (Å²) in [4.78, 5) is 36.3. The molecule has 7 nitrogen and oxygen atoms in total. The van der Waals surface area contributed by atoms with Gasteiger partial charge in [0, 0.05) is 23.6 Å². The van der Waals surface area contributed by atoms with Crippen molar-refractivity contribution in [2.24, 2.45) is 0 Å². The first-order valence-electron chi connectivity index (χ1n) is 11.1. The number of unbranched alkanes of at least 4 members (excludes halogenated alkanes) is 1. The number of benzene rings is 1. The van der Waals surface area contributed by atoms with Crippen LogP contribution in [0.2, 0.25) is 0 Å². The highest BCUT2D eigenvalue weighted by atomic mass is 19.4. The summed E-state index contributed by atoms with van der Waals surface area (Å²) in [5.41, 5.74) is -1.08. The molecule has 1 aliphatic rings. The molecule has 1 N–H and O–H groups in total. The number of alkyl halides is 3. The first-order chi connectivity index (χ1) is 15.7. The van der Waals surface area contributed by atoms with E-state index in [2.05, 4.69) is 5.32 Å². The number of urea groups is 1. The Labute approximate surface area is 188 Å². The van der Waals surface area contributed by atoms with Gasteiger partial charge in [0.15, 0.2) is 0 Å². The fourth-order valence-electron chi connectivity index (χ4n) is 3.98. The number of fused-ring (bicyclic) bond motifs is 1. The van der Waals surface area contributed by atoms with Crippen LogP contribution in [0.1, 0.15) is 56.2 Å². The van der Waals surface area contributed by atoms with E-state index in [-0.39, 0.29) is 36.6 Å². The zero-order chi connectivity index (χ0) is 24.2. The van der Waals surface area contributed by atoms with Crippen LogP contribution in [-0.2, 0) is 23.8 Å². The van der Waals surface area contributed by atoms with Crippen molar-refractivity contribution in [1.82, 2.24) is 10.2 Å². The lowest BCUT2D eigenvalue weighted by atomic mass is 9.96. The summed E-state index contributed by atoms with van der Waals surface area (Å²) in [5, 5.41) is 2.32. The van der Waals surface area contributed by atoms with Crippen LogP contribution in [0.15, 0.2) is 21.3 Å². The molecular weight excluding hydrogens is 441 g/mol. The number of rotatable bonds is 10. The molecule has 1 aliphatic heterocycles. The van der Waals surface area contributed by atoms with E-state index in [9.17, 15) is 27.6 Å². The van der Waals surface area contributed by atoms with Crippen molar-refractivity contribution in [3.63, 3.8) is 0 Å². The maximum Gasteiger partial charge on any atom is 0.417 e. The van der Waals surface area contributed by atoms with Crippen molar-refractivity contribution in [1.29, 1.82) is 0 Å². The van der Waals surface area contributed by atoms with Gasteiger partial charge in [-0.1, -0.05) is 26.7 Å². The first-order valence-corrected chi connectivity index (χ1v) is 11.1. The molecule has 2 heterocycles. The highest BCUT2D eigenvalue weighted by molar-refractivity contribution is 6.01. The summed E-state index contributed by atoms with van der Waals surface area (Å²) in [7, 11) is 0. The van der Waals surface area contributed by atoms with Crippen LogP contribution < -0.4 is 15.7 Å². The molecule has 3 amide bonds. The number of carbonyl (C=O) groups is 2. The standard InChI is InChI=1S/C23H27F3N2O5/c1-3-7-14-11-16-17(23(24,25)26)12-19(30)33-21(16)15(8-4-2)20(14)32-10-6-5-9-28-18(29)13-27-22(28)31/h11-12H,3-10,13H2,1-2H3,(H,27,31). The van der Waals surface area contributed by atoms with Crippen molar-refractivity contribution in [3.05, 3.63) is 39.2 Å². The Hall–Kier alpha value is -3.04. The SMILES string of the molecule is CCCc1cc2c(C(F)(F)F)cc(=O)oc2c(CCC)c1OCCCCN1C(=O)CNC1=O. The molecule has 0 saturated carbocycles. The molecule has 0 atom stereocenters. The van der Waals surface area contributed by atoms with Gasteiger partial charge in [0.1, 0.15) is 11.3 Å². The molecule has 1 aromatic heterocycles. The quantitative estimate of drug-likeness (QED) is 0.317. The van der Waals surface area contributed by atoms with Crippen LogP contribution >= 0.6 is 0 Å². The maximum atomic E-state index is 13.6. The number of nitrogens with zero attached hydrogens (tertiary/aromatic N) is 1. The fraction of sp³-hybridized carbons (Fsp3) is 0.522. The second kappa shape index (κ2) is 10.3. The number of imide groups is 1. The van der Waals surface area contributed by atoms with E-state index in [0.29, 0.717) is 61.5 Å². The minimum absolute atomic E-state index is 0.00169. The minimum atomic E-state index is -4.69. The molecule has 1 aromatic carbocycles. The predicted octanol–water partition coefficient (Wildman–Crippen LogP) is 4.43. The number of halogens is 3. The Bertz CT molecular complexity index is 1080. The third kappa shape index (κ3) is 5.48. The van der Waals surface area contributed by atoms with Crippen LogP contribution in [0.4, 0.5) is 18.0 Å². The van der Waals surface area contributed by atoms with Crippen LogP contribution in [0.3, 0.4) is 0 Å². The Balaban J connectivity index is 1.90. The van der Waals surface area contributed by atoms with E-state index in [1.165, 1.54) is 6.07 Å². The molecule has 33 heavy (non-hydrogen) atoms. The largest absolute Gasteiger partial charge is 0.493 e. The molecule has 2 aromatic rings. The molecule has 1 saturated heterocycles. The van der Waals surface area contributed by atoms with E-state index in [1.54, 1.807) is 0 Å². The molecular formula is C23H27F3N2O5. The monoisotopic (exact) mass is 468 g/mol. The molecule has 0 bridgehead atoms. The van der Waals surface area contributed by atoms with Crippen molar-refractivity contribution in [3.8, 4) is 5.75 Å². The molecule has 0 radical (unpaired) electrons. The van der Waals surface area contributed by atoms with Crippen molar-refractivity contribution in [2.45, 2.75) is 58.5 Å². The van der Waals surface area contributed by atoms with E-state index in [0.717, 1.165) is 4.90 Å². The number of aryl methyl sites for hydroxylation is 2. The number of ether oxygens (including phenoxy) is 1. The Morgan fingerprint density at radius 3 is 2.42 bits per heavy atom. The number of amides is 3. The van der Waals surface area contributed by atoms with E-state index in [1.807, 2.05) is 13.8 Å². The summed E-state index contributed by atoms with van der Waals surface area (Å²) in [6.45, 7) is 4.30. The Kier molecular flexibility index (Phi) is 7.65. The zero-order valence-corrected chi connectivity index (χ0v) is 18.6. The van der Waals surface area contributed by atoms with Gasteiger partial charge in [-0.3, -0.25) is 9.69 Å². The second-order valence-electron chi connectivity index (χ2n) is 7.96. The summed E-state index contributed by atoms with van der Waals surface area (Å²) in [5.74, 6) is 0.171. The van der Waals surface area contributed by atoms with Gasteiger partial charge in [-0.05, 0) is 37.3 Å². The van der Waals surface area contributed by atoms with Crippen molar-refractivity contribution >= 4 is 22.9 Å². The van der Waals surface area contributed by atoms with Crippen molar-refractivity contribution in [2.75, 3.05) is 19.7 Å². The van der Waals surface area contributed by atoms with Crippen LogP contribution in [-0.4, -0.2) is 36.5 Å². The fourth-order valence-corrected chi connectivity index (χ4v) is 3.98. The van der Waals surface area contributed by atoms with Crippen molar-refractivity contribution < 1.29 is 31.9 Å². The van der Waals surface area contributed by atoms with Gasteiger partial charge in [0.25, 0.3) is 0 Å². The molecule has 1 fully saturated rings. The lowest BCUT2D eigenvalue weighted by Gasteiger charge is -2.19. The van der Waals surface area contributed by atoms with Crippen LogP contribution in [0.5, 0.6) is 5.75 Å². The summed E-state index contributed by atoms with van der Waals surface area (Å²) < 4.78 is 52.2. The average molecular weight is 468 g/mol. The molecule has 0 spiro atoms. The molecule has 0 unspecified atom stereocenters. The smallest absolute Gasteiger partial charge is 0.417 e. The number of hydrogen-bond donors (Lipinski definition) is 1. The van der Waals surface area contributed by atoms with Gasteiger partial charge < -0.3 is 14.5 Å². The van der Waals surface area contributed by atoms with E-state index >= 15 is 0 Å². The van der Waals surface area contributed by atoms with E-state index < -0.39 is 23.4 Å². The van der Waals surface area contributed by atoms with Gasteiger partial charge in [0.05, 0.1) is 18.7 Å². The molecule has 3 rings (SSSR count). The lowest BCUT2D eigenvalue weighted by Crippen LogP contribution is -2.32. The Morgan fingerprint density at radius 1 is 1.09 bits per heavy atom. The molecule has 180 valence electrons. The van der Waals surface area contributed by atoms with Crippen LogP contribution in [0, 0.1) is 0 Å². The van der Waals surface area contributed by atoms with E-state index in [4.69, 9.17) is 9.15 Å². The predicted molar refractivity (Wildman–Crippen MR) is 115 cm³/mol. The number of carbonyl (C=O) groups excluding carboxylic acids is 2. The van der Waals surface area contributed by atoms with Gasteiger partial charge in [-0.2, -0.15) is 13.2 Å². The second-order valence-corrected chi connectivity index (χ2v) is 7.96. The van der Waals surface area contributed by atoms with Gasteiger partial charge >= 0.3 is 17.8 Å². The summed E-state index contributed by atoms with van der Waals surface area (Å²) in [6, 6.07) is 1.48. The first kappa shape index (κ1) is 24.6. The summed E-state index contributed by atoms with van der Waals surface area (Å²) in [6.07, 6.45) is -1.45. The average Bonchev–Trinajstić information content (AvgIpc) is 3.06. The molecule has 0 aliphatic carbocycles. The number of hydrogen-bond acceptors (Lipinski definition) is 5. The highest BCUT2D eigenvalue weighted by Crippen LogP contribution is 2.40. The summed E-state index contributed by atoms with van der Waals surface area (Å²) >= 11 is 0. The maximum absolute atomic E-state index is 13.6. The van der Waals surface area contributed by atoms with Gasteiger partial charge in [-0.25, -0.2) is 9.59 Å². The number of nitrogens with one attached hydrogen (secondary N) is 1. The third-order valence-corrected chi connectivity index (χ3v) is 5.44. The third-order valence-electron chi connectivity index (χ3n) is 5.44. The molecule has 10 heteroatoms. The topological polar surface area (TPSA) is 88.8 Å². The van der Waals surface area contributed by atoms with Crippen LogP contribution in [0.25, 0.3) is 11.0 Å². The van der Waals surface area contributed by atoms with Gasteiger partial charge in [0.2, 0.25) is 5.91 Å².